The first-order valence-corrected chi connectivity index (χ1v) is 7.98. The molecule has 3 nitrogen and oxygen atoms in total. The molecule has 0 aliphatic heterocycles. The molecule has 1 aromatic carbocycles. The molecule has 0 N–H and O–H groups in total. The van der Waals surface area contributed by atoms with E-state index >= 15 is 0 Å². The summed E-state index contributed by atoms with van der Waals surface area (Å²) in [5.41, 5.74) is 0.789. The van der Waals surface area contributed by atoms with E-state index in [1.54, 1.807) is 11.8 Å². The predicted molar refractivity (Wildman–Crippen MR) is 82.3 cm³/mol. The molecule has 0 saturated carbocycles. The van der Waals surface area contributed by atoms with Gasteiger partial charge in [-0.15, -0.1) is 11.8 Å². The minimum atomic E-state index is -0.164. The van der Waals surface area contributed by atoms with Crippen LogP contribution in [0.2, 0.25) is 0 Å². The van der Waals surface area contributed by atoms with E-state index in [1.807, 2.05) is 24.3 Å². The summed E-state index contributed by atoms with van der Waals surface area (Å²) in [6.45, 7) is 2.08. The highest BCUT2D eigenvalue weighted by molar-refractivity contribution is 7.99. The molecule has 0 unspecified atom stereocenters. The minimum Gasteiger partial charge on any atom is -0.469 e. The number of hydrogen-bond donors (Lipinski definition) is 0. The Morgan fingerprint density at radius 1 is 1.10 bits per heavy atom. The van der Waals surface area contributed by atoms with Crippen LogP contribution in [0, 0.1) is 0 Å². The van der Waals surface area contributed by atoms with Gasteiger partial charge >= 0.3 is 5.97 Å². The van der Waals surface area contributed by atoms with E-state index in [-0.39, 0.29) is 11.8 Å². The molecule has 0 atom stereocenters. The average molecular weight is 294 g/mol. The van der Waals surface area contributed by atoms with E-state index in [2.05, 4.69) is 11.7 Å². The molecule has 0 aliphatic carbocycles. The molecule has 0 spiro atoms. The van der Waals surface area contributed by atoms with Crippen LogP contribution in [-0.4, -0.2) is 24.6 Å². The van der Waals surface area contributed by atoms with E-state index in [1.165, 1.54) is 7.11 Å². The fraction of sp³-hybridized carbons (Fsp3) is 0.500. The Bertz CT molecular complexity index is 426. The van der Waals surface area contributed by atoms with Crippen molar-refractivity contribution in [3.05, 3.63) is 29.8 Å². The Morgan fingerprint density at radius 3 is 2.40 bits per heavy atom. The Balaban J connectivity index is 2.35. The highest BCUT2D eigenvalue weighted by Gasteiger charge is 2.05. The summed E-state index contributed by atoms with van der Waals surface area (Å²) in [4.78, 5) is 23.9. The Labute approximate surface area is 125 Å². The van der Waals surface area contributed by atoms with E-state index < -0.39 is 0 Å². The second-order valence-corrected chi connectivity index (χ2v) is 5.75. The van der Waals surface area contributed by atoms with Crippen LogP contribution in [0.4, 0.5) is 0 Å². The lowest BCUT2D eigenvalue weighted by Gasteiger charge is -2.04. The van der Waals surface area contributed by atoms with Crippen molar-refractivity contribution in [2.24, 2.45) is 0 Å². The van der Waals surface area contributed by atoms with Crippen LogP contribution < -0.4 is 0 Å². The fourth-order valence-corrected chi connectivity index (χ4v) is 2.58. The first-order valence-electron chi connectivity index (χ1n) is 7.00. The van der Waals surface area contributed by atoms with E-state index in [4.69, 9.17) is 0 Å². The van der Waals surface area contributed by atoms with Crippen LogP contribution in [0.15, 0.2) is 29.2 Å². The first kappa shape index (κ1) is 16.8. The van der Waals surface area contributed by atoms with E-state index in [0.29, 0.717) is 12.8 Å². The molecular formula is C16H22O3S. The number of Topliss-reactive ketones (excluding diaryl/α,β-unsaturated/α-hetero) is 1. The van der Waals surface area contributed by atoms with Gasteiger partial charge in [-0.25, -0.2) is 0 Å². The van der Waals surface area contributed by atoms with Gasteiger partial charge in [0.25, 0.3) is 0 Å². The SMILES string of the molecule is CCCCC(=O)c1ccc(SCCCC(=O)OC)cc1. The molecule has 0 saturated heterocycles. The number of hydrogen-bond acceptors (Lipinski definition) is 4. The number of ether oxygens (including phenoxy) is 1. The molecule has 0 radical (unpaired) electrons. The van der Waals surface area contributed by atoms with Crippen molar-refractivity contribution in [3.63, 3.8) is 0 Å². The van der Waals surface area contributed by atoms with E-state index in [0.717, 1.165) is 35.5 Å². The maximum absolute atomic E-state index is 11.8. The second kappa shape index (κ2) is 9.59. The van der Waals surface area contributed by atoms with Crippen molar-refractivity contribution in [2.75, 3.05) is 12.9 Å². The van der Waals surface area contributed by atoms with Gasteiger partial charge in [-0.05, 0) is 30.7 Å². The summed E-state index contributed by atoms with van der Waals surface area (Å²) in [6, 6.07) is 7.73. The summed E-state index contributed by atoms with van der Waals surface area (Å²) in [5, 5.41) is 0. The van der Waals surface area contributed by atoms with Crippen molar-refractivity contribution >= 4 is 23.5 Å². The number of benzene rings is 1. The van der Waals surface area contributed by atoms with Crippen molar-refractivity contribution in [3.8, 4) is 0 Å². The predicted octanol–water partition coefficient (Wildman–Crippen LogP) is 4.10. The zero-order valence-corrected chi connectivity index (χ0v) is 13.0. The molecule has 0 amide bonds. The summed E-state index contributed by atoms with van der Waals surface area (Å²) in [5.74, 6) is 0.926. The maximum Gasteiger partial charge on any atom is 0.305 e. The molecule has 110 valence electrons. The lowest BCUT2D eigenvalue weighted by atomic mass is 10.1. The van der Waals surface area contributed by atoms with Gasteiger partial charge in [0.1, 0.15) is 0 Å². The van der Waals surface area contributed by atoms with Gasteiger partial charge in [0.15, 0.2) is 5.78 Å². The average Bonchev–Trinajstić information content (AvgIpc) is 2.49. The summed E-state index contributed by atoms with van der Waals surface area (Å²) in [7, 11) is 1.41. The second-order valence-electron chi connectivity index (χ2n) is 4.58. The smallest absolute Gasteiger partial charge is 0.305 e. The third-order valence-electron chi connectivity index (χ3n) is 2.96. The largest absolute Gasteiger partial charge is 0.469 e. The zero-order chi connectivity index (χ0) is 14.8. The number of ketones is 1. The molecule has 1 aromatic rings. The highest BCUT2D eigenvalue weighted by atomic mass is 32.2. The lowest BCUT2D eigenvalue weighted by molar-refractivity contribution is -0.140. The Hall–Kier alpha value is -1.29. The van der Waals surface area contributed by atoms with Gasteiger partial charge < -0.3 is 4.74 Å². The number of esters is 1. The van der Waals surface area contributed by atoms with Gasteiger partial charge in [-0.2, -0.15) is 0 Å². The summed E-state index contributed by atoms with van der Waals surface area (Å²) < 4.78 is 4.59. The van der Waals surface area contributed by atoms with E-state index in [9.17, 15) is 9.59 Å². The third kappa shape index (κ3) is 6.24. The van der Waals surface area contributed by atoms with Crippen molar-refractivity contribution in [2.45, 2.75) is 43.9 Å². The summed E-state index contributed by atoms with van der Waals surface area (Å²) >= 11 is 1.69. The molecule has 1 rings (SSSR count). The van der Waals surface area contributed by atoms with Crippen LogP contribution >= 0.6 is 11.8 Å². The molecule has 0 heterocycles. The molecular weight excluding hydrogens is 272 g/mol. The molecule has 4 heteroatoms. The van der Waals surface area contributed by atoms with Crippen molar-refractivity contribution in [1.82, 2.24) is 0 Å². The standard InChI is InChI=1S/C16H22O3S/c1-3-4-6-15(17)13-8-10-14(11-9-13)20-12-5-7-16(18)19-2/h8-11H,3-7,12H2,1-2H3. The zero-order valence-electron chi connectivity index (χ0n) is 12.2. The molecule has 0 bridgehead atoms. The molecule has 0 aromatic heterocycles. The van der Waals surface area contributed by atoms with Gasteiger partial charge in [-0.3, -0.25) is 9.59 Å². The summed E-state index contributed by atoms with van der Waals surface area (Å²) in [6.07, 6.45) is 3.87. The van der Waals surface area contributed by atoms with Crippen LogP contribution in [0.3, 0.4) is 0 Å². The molecule has 0 fully saturated rings. The van der Waals surface area contributed by atoms with Gasteiger partial charge in [-0.1, -0.05) is 25.5 Å². The number of carbonyl (C=O) groups excluding carboxylic acids is 2. The van der Waals surface area contributed by atoms with Gasteiger partial charge in [0.05, 0.1) is 7.11 Å². The monoisotopic (exact) mass is 294 g/mol. The van der Waals surface area contributed by atoms with Crippen LogP contribution in [0.1, 0.15) is 49.4 Å². The van der Waals surface area contributed by atoms with Crippen molar-refractivity contribution in [1.29, 1.82) is 0 Å². The maximum atomic E-state index is 11.8. The Morgan fingerprint density at radius 2 is 1.80 bits per heavy atom. The number of unbranched alkanes of at least 4 members (excludes halogenated alkanes) is 1. The highest BCUT2D eigenvalue weighted by Crippen LogP contribution is 2.20. The van der Waals surface area contributed by atoms with Gasteiger partial charge in [0, 0.05) is 23.3 Å². The normalized spacial score (nSPS) is 10.3. The van der Waals surface area contributed by atoms with Crippen LogP contribution in [-0.2, 0) is 9.53 Å². The number of carbonyl (C=O) groups is 2. The molecule has 20 heavy (non-hydrogen) atoms. The topological polar surface area (TPSA) is 43.4 Å². The third-order valence-corrected chi connectivity index (χ3v) is 4.05. The van der Waals surface area contributed by atoms with Crippen LogP contribution in [0.5, 0.6) is 0 Å². The van der Waals surface area contributed by atoms with Crippen LogP contribution in [0.25, 0.3) is 0 Å². The first-order chi connectivity index (χ1) is 9.67. The molecule has 0 aliphatic rings. The fourth-order valence-electron chi connectivity index (χ4n) is 1.73. The quantitative estimate of drug-likeness (QED) is 0.297. The van der Waals surface area contributed by atoms with Crippen molar-refractivity contribution < 1.29 is 14.3 Å². The Kier molecular flexibility index (Phi) is 8.04. The lowest BCUT2D eigenvalue weighted by Crippen LogP contribution is -2.00. The van der Waals surface area contributed by atoms with Gasteiger partial charge in [0.2, 0.25) is 0 Å². The number of methoxy groups -OCH3 is 1. The minimum absolute atomic E-state index is 0.164. The number of thioether (sulfide) groups is 1. The number of rotatable bonds is 9.